The zero-order valence-corrected chi connectivity index (χ0v) is 14.1. The van der Waals surface area contributed by atoms with Gasteiger partial charge in [0.05, 0.1) is 9.82 Å². The van der Waals surface area contributed by atoms with Gasteiger partial charge in [-0.05, 0) is 56.5 Å². The fourth-order valence-electron chi connectivity index (χ4n) is 2.10. The molecule has 0 bridgehead atoms. The number of nitro groups is 1. The Morgan fingerprint density at radius 2 is 1.57 bits per heavy atom. The fourth-order valence-corrected chi connectivity index (χ4v) is 3.16. The summed E-state index contributed by atoms with van der Waals surface area (Å²) >= 11 is 0. The lowest BCUT2D eigenvalue weighted by atomic mass is 10.0. The van der Waals surface area contributed by atoms with Crippen molar-refractivity contribution in [3.63, 3.8) is 0 Å². The van der Waals surface area contributed by atoms with Gasteiger partial charge in [0.25, 0.3) is 15.7 Å². The standard InChI is InChI=1S/C15H17N3O4S/c1-9-10(2)12(4)16-15(11(9)3)17-23(21,22)14-7-5-13(6-8-14)18(19)20/h5-8H,1-4H3,(H,16,17). The summed E-state index contributed by atoms with van der Waals surface area (Å²) in [6.07, 6.45) is 0. The van der Waals surface area contributed by atoms with E-state index in [4.69, 9.17) is 0 Å². The Labute approximate surface area is 134 Å². The number of non-ortho nitro benzene ring substituents is 1. The van der Waals surface area contributed by atoms with Crippen molar-refractivity contribution in [3.8, 4) is 0 Å². The summed E-state index contributed by atoms with van der Waals surface area (Å²) in [5.41, 5.74) is 3.31. The van der Waals surface area contributed by atoms with E-state index >= 15 is 0 Å². The Bertz CT molecular complexity index is 875. The van der Waals surface area contributed by atoms with Crippen molar-refractivity contribution < 1.29 is 13.3 Å². The third-order valence-electron chi connectivity index (χ3n) is 3.89. The number of pyridine rings is 1. The summed E-state index contributed by atoms with van der Waals surface area (Å²) in [5, 5.41) is 10.6. The number of aromatic nitrogens is 1. The minimum Gasteiger partial charge on any atom is -0.263 e. The molecule has 0 fully saturated rings. The maximum Gasteiger partial charge on any atom is 0.269 e. The van der Waals surface area contributed by atoms with Crippen LogP contribution in [0.2, 0.25) is 0 Å². The van der Waals surface area contributed by atoms with E-state index in [0.29, 0.717) is 0 Å². The summed E-state index contributed by atoms with van der Waals surface area (Å²) < 4.78 is 27.3. The van der Waals surface area contributed by atoms with Crippen LogP contribution in [-0.2, 0) is 10.0 Å². The van der Waals surface area contributed by atoms with Gasteiger partial charge >= 0.3 is 0 Å². The molecular formula is C15H17N3O4S. The average Bonchev–Trinajstić information content (AvgIpc) is 2.50. The van der Waals surface area contributed by atoms with Gasteiger partial charge in [-0.15, -0.1) is 0 Å². The molecule has 1 aromatic carbocycles. The van der Waals surface area contributed by atoms with Crippen LogP contribution in [0.4, 0.5) is 11.5 Å². The van der Waals surface area contributed by atoms with Gasteiger partial charge < -0.3 is 0 Å². The molecule has 0 spiro atoms. The van der Waals surface area contributed by atoms with E-state index < -0.39 is 14.9 Å². The average molecular weight is 335 g/mol. The zero-order valence-electron chi connectivity index (χ0n) is 13.2. The molecule has 1 heterocycles. The molecule has 0 saturated carbocycles. The molecule has 2 rings (SSSR count). The molecule has 23 heavy (non-hydrogen) atoms. The van der Waals surface area contributed by atoms with Crippen LogP contribution < -0.4 is 4.72 Å². The summed E-state index contributed by atoms with van der Waals surface area (Å²) in [6.45, 7) is 7.44. The molecule has 2 aromatic rings. The molecule has 8 heteroatoms. The first-order valence-electron chi connectivity index (χ1n) is 6.85. The van der Waals surface area contributed by atoms with E-state index in [9.17, 15) is 18.5 Å². The Hall–Kier alpha value is -2.48. The Morgan fingerprint density at radius 1 is 1.00 bits per heavy atom. The largest absolute Gasteiger partial charge is 0.269 e. The molecule has 0 unspecified atom stereocenters. The topological polar surface area (TPSA) is 102 Å². The summed E-state index contributed by atoms with van der Waals surface area (Å²) in [5.74, 6) is 0.268. The van der Waals surface area contributed by atoms with E-state index in [0.717, 1.165) is 34.5 Å². The molecule has 7 nitrogen and oxygen atoms in total. The van der Waals surface area contributed by atoms with Gasteiger partial charge in [-0.25, -0.2) is 13.4 Å². The van der Waals surface area contributed by atoms with E-state index in [-0.39, 0.29) is 16.4 Å². The van der Waals surface area contributed by atoms with E-state index in [1.165, 1.54) is 12.1 Å². The monoisotopic (exact) mass is 335 g/mol. The molecule has 0 aliphatic heterocycles. The van der Waals surface area contributed by atoms with Gasteiger partial charge in [-0.1, -0.05) is 0 Å². The number of sulfonamides is 1. The second-order valence-corrected chi connectivity index (χ2v) is 6.96. The quantitative estimate of drug-likeness (QED) is 0.683. The van der Waals surface area contributed by atoms with Gasteiger partial charge in [0.1, 0.15) is 5.82 Å². The summed E-state index contributed by atoms with van der Waals surface area (Å²) in [6, 6.07) is 4.70. The van der Waals surface area contributed by atoms with Gasteiger partial charge in [0, 0.05) is 17.8 Å². The van der Waals surface area contributed by atoms with Crippen molar-refractivity contribution in [1.29, 1.82) is 0 Å². The second-order valence-electron chi connectivity index (χ2n) is 5.28. The summed E-state index contributed by atoms with van der Waals surface area (Å²) in [4.78, 5) is 14.3. The van der Waals surface area contributed by atoms with Crippen molar-refractivity contribution in [2.45, 2.75) is 32.6 Å². The maximum absolute atomic E-state index is 12.4. The lowest BCUT2D eigenvalue weighted by Gasteiger charge is -2.14. The van der Waals surface area contributed by atoms with E-state index in [1.807, 2.05) is 20.8 Å². The molecule has 0 radical (unpaired) electrons. The number of nitrogens with one attached hydrogen (secondary N) is 1. The third-order valence-corrected chi connectivity index (χ3v) is 5.25. The van der Waals surface area contributed by atoms with Crippen LogP contribution in [-0.4, -0.2) is 18.3 Å². The Kier molecular flexibility index (Phi) is 4.37. The number of hydrogen-bond donors (Lipinski definition) is 1. The normalized spacial score (nSPS) is 11.3. The maximum atomic E-state index is 12.4. The Balaban J connectivity index is 2.41. The predicted octanol–water partition coefficient (Wildman–Crippen LogP) is 3.02. The van der Waals surface area contributed by atoms with Crippen molar-refractivity contribution in [2.75, 3.05) is 4.72 Å². The molecule has 1 aromatic heterocycles. The first-order chi connectivity index (χ1) is 10.6. The van der Waals surface area contributed by atoms with Crippen molar-refractivity contribution in [2.24, 2.45) is 0 Å². The van der Waals surface area contributed by atoms with E-state index in [2.05, 4.69) is 9.71 Å². The molecule has 0 saturated heterocycles. The van der Waals surface area contributed by atoms with Crippen molar-refractivity contribution in [3.05, 3.63) is 56.8 Å². The predicted molar refractivity (Wildman–Crippen MR) is 87.1 cm³/mol. The number of benzene rings is 1. The molecule has 0 atom stereocenters. The highest BCUT2D eigenvalue weighted by atomic mass is 32.2. The first kappa shape index (κ1) is 16.9. The smallest absolute Gasteiger partial charge is 0.263 e. The molecule has 0 aliphatic carbocycles. The van der Waals surface area contributed by atoms with E-state index in [1.54, 1.807) is 6.92 Å². The second kappa shape index (κ2) is 5.96. The lowest BCUT2D eigenvalue weighted by Crippen LogP contribution is -2.16. The lowest BCUT2D eigenvalue weighted by molar-refractivity contribution is -0.384. The first-order valence-corrected chi connectivity index (χ1v) is 8.33. The highest BCUT2D eigenvalue weighted by Gasteiger charge is 2.19. The van der Waals surface area contributed by atoms with Crippen LogP contribution in [0.3, 0.4) is 0 Å². The van der Waals surface area contributed by atoms with Crippen LogP contribution >= 0.6 is 0 Å². The zero-order chi connectivity index (χ0) is 17.4. The molecule has 122 valence electrons. The van der Waals surface area contributed by atoms with Crippen molar-refractivity contribution in [1.82, 2.24) is 4.98 Å². The van der Waals surface area contributed by atoms with Gasteiger partial charge in [0.15, 0.2) is 0 Å². The fraction of sp³-hybridized carbons (Fsp3) is 0.267. The highest BCUT2D eigenvalue weighted by Crippen LogP contribution is 2.24. The highest BCUT2D eigenvalue weighted by molar-refractivity contribution is 7.92. The molecule has 0 amide bonds. The van der Waals surface area contributed by atoms with Crippen molar-refractivity contribution >= 4 is 21.5 Å². The molecular weight excluding hydrogens is 318 g/mol. The number of nitro benzene ring substituents is 1. The van der Waals surface area contributed by atoms with Crippen LogP contribution in [0.15, 0.2) is 29.2 Å². The number of rotatable bonds is 4. The van der Waals surface area contributed by atoms with Crippen LogP contribution in [0.25, 0.3) is 0 Å². The number of anilines is 1. The van der Waals surface area contributed by atoms with Crippen LogP contribution in [0, 0.1) is 37.8 Å². The molecule has 1 N–H and O–H groups in total. The number of hydrogen-bond acceptors (Lipinski definition) is 5. The molecule has 0 aliphatic rings. The SMILES string of the molecule is Cc1nc(NS(=O)(=O)c2ccc([N+](=O)[O-])cc2)c(C)c(C)c1C. The van der Waals surface area contributed by atoms with Crippen LogP contribution in [0.1, 0.15) is 22.4 Å². The number of aryl methyl sites for hydroxylation is 1. The van der Waals surface area contributed by atoms with Crippen LogP contribution in [0.5, 0.6) is 0 Å². The minimum absolute atomic E-state index is 0.0554. The third kappa shape index (κ3) is 3.31. The number of nitrogens with zero attached hydrogens (tertiary/aromatic N) is 2. The van der Waals surface area contributed by atoms with Gasteiger partial charge in [0.2, 0.25) is 0 Å². The van der Waals surface area contributed by atoms with Gasteiger partial charge in [-0.3, -0.25) is 14.8 Å². The Morgan fingerprint density at radius 3 is 2.09 bits per heavy atom. The van der Waals surface area contributed by atoms with Gasteiger partial charge in [-0.2, -0.15) is 0 Å². The minimum atomic E-state index is -3.86. The summed E-state index contributed by atoms with van der Waals surface area (Å²) in [7, 11) is -3.86.